The van der Waals surface area contributed by atoms with Crippen LogP contribution in [0.5, 0.6) is 0 Å². The molecule has 0 atom stereocenters. The average molecular weight is 384 g/mol. The minimum Gasteiger partial charge on any atom is -0.378 e. The van der Waals surface area contributed by atoms with Crippen molar-refractivity contribution in [3.05, 3.63) is 42.2 Å². The fourth-order valence-electron chi connectivity index (χ4n) is 2.99. The number of benzene rings is 1. The zero-order valence-corrected chi connectivity index (χ0v) is 16.5. The number of carbonyl (C=O) groups excluding carboxylic acids is 1. The highest BCUT2D eigenvalue weighted by Crippen LogP contribution is 2.26. The number of carbonyl (C=O) groups is 1. The Labute approximate surface area is 165 Å². The van der Waals surface area contributed by atoms with E-state index in [4.69, 9.17) is 4.74 Å². The third kappa shape index (κ3) is 5.64. The molecule has 2 aromatic rings. The highest BCUT2D eigenvalue weighted by molar-refractivity contribution is 6.05. The van der Waals surface area contributed by atoms with Crippen molar-refractivity contribution < 1.29 is 9.53 Å². The first-order valence-corrected chi connectivity index (χ1v) is 9.57. The van der Waals surface area contributed by atoms with Crippen LogP contribution in [0.1, 0.15) is 16.8 Å². The van der Waals surface area contributed by atoms with E-state index in [1.54, 1.807) is 12.4 Å². The standard InChI is InChI=1S/C20H28N6O2/c1-25(2)9-5-8-21-20-22-14-16(15-23-20)19(27)24-17-6-3-4-7-18(17)26-10-12-28-13-11-26/h3-4,6-7,14-15H,5,8-13H2,1-2H3,(H,24,27)(H,21,22,23). The molecule has 1 aromatic heterocycles. The van der Waals surface area contributed by atoms with Crippen molar-refractivity contribution in [1.82, 2.24) is 14.9 Å². The van der Waals surface area contributed by atoms with Crippen LogP contribution >= 0.6 is 0 Å². The minimum atomic E-state index is -0.222. The molecule has 0 radical (unpaired) electrons. The van der Waals surface area contributed by atoms with E-state index in [1.165, 1.54) is 0 Å². The third-order valence-corrected chi connectivity index (χ3v) is 4.48. The molecule has 2 N–H and O–H groups in total. The summed E-state index contributed by atoms with van der Waals surface area (Å²) in [7, 11) is 4.09. The first kappa shape index (κ1) is 20.0. The Morgan fingerprint density at radius 1 is 1.18 bits per heavy atom. The van der Waals surface area contributed by atoms with E-state index < -0.39 is 0 Å². The Kier molecular flexibility index (Phi) is 7.16. The number of rotatable bonds is 8. The van der Waals surface area contributed by atoms with Gasteiger partial charge >= 0.3 is 0 Å². The molecule has 8 heteroatoms. The molecule has 8 nitrogen and oxygen atoms in total. The Morgan fingerprint density at radius 3 is 2.61 bits per heavy atom. The number of aromatic nitrogens is 2. The number of para-hydroxylation sites is 2. The molecule has 0 saturated carbocycles. The number of ether oxygens (including phenoxy) is 1. The summed E-state index contributed by atoms with van der Waals surface area (Å²) >= 11 is 0. The lowest BCUT2D eigenvalue weighted by Crippen LogP contribution is -2.36. The van der Waals surface area contributed by atoms with Crippen LogP contribution in [0.3, 0.4) is 0 Å². The molecule has 1 aliphatic rings. The summed E-state index contributed by atoms with van der Waals surface area (Å²) in [4.78, 5) is 25.5. The molecule has 2 heterocycles. The summed E-state index contributed by atoms with van der Waals surface area (Å²) in [5.41, 5.74) is 2.20. The molecule has 150 valence electrons. The number of hydrogen-bond donors (Lipinski definition) is 2. The largest absolute Gasteiger partial charge is 0.378 e. The fourth-order valence-corrected chi connectivity index (χ4v) is 2.99. The quantitative estimate of drug-likeness (QED) is 0.673. The van der Waals surface area contributed by atoms with Gasteiger partial charge in [0.2, 0.25) is 5.95 Å². The Balaban J connectivity index is 1.59. The van der Waals surface area contributed by atoms with Crippen molar-refractivity contribution >= 4 is 23.2 Å². The number of hydrogen-bond acceptors (Lipinski definition) is 7. The number of nitrogens with zero attached hydrogens (tertiary/aromatic N) is 4. The zero-order chi connectivity index (χ0) is 19.8. The summed E-state index contributed by atoms with van der Waals surface area (Å²) in [5, 5.41) is 6.15. The van der Waals surface area contributed by atoms with Crippen LogP contribution in [0.2, 0.25) is 0 Å². The van der Waals surface area contributed by atoms with E-state index in [9.17, 15) is 4.79 Å². The van der Waals surface area contributed by atoms with Crippen LogP contribution in [0.25, 0.3) is 0 Å². The van der Waals surface area contributed by atoms with Crippen LogP contribution in [-0.2, 0) is 4.74 Å². The Morgan fingerprint density at radius 2 is 1.89 bits per heavy atom. The minimum absolute atomic E-state index is 0.222. The molecule has 0 unspecified atom stereocenters. The molecule has 1 aromatic carbocycles. The lowest BCUT2D eigenvalue weighted by Gasteiger charge is -2.30. The van der Waals surface area contributed by atoms with Gasteiger partial charge in [0.1, 0.15) is 0 Å². The van der Waals surface area contributed by atoms with Gasteiger partial charge in [0.25, 0.3) is 5.91 Å². The van der Waals surface area contributed by atoms with Crippen LogP contribution in [0.15, 0.2) is 36.7 Å². The molecule has 0 aliphatic carbocycles. The van der Waals surface area contributed by atoms with Gasteiger partial charge < -0.3 is 25.2 Å². The molecule has 3 rings (SSSR count). The molecule has 1 saturated heterocycles. The van der Waals surface area contributed by atoms with Gasteiger partial charge in [-0.25, -0.2) is 9.97 Å². The number of amides is 1. The first-order chi connectivity index (χ1) is 13.6. The molecular weight excluding hydrogens is 356 g/mol. The fraction of sp³-hybridized carbons (Fsp3) is 0.450. The summed E-state index contributed by atoms with van der Waals surface area (Å²) in [5.74, 6) is 0.309. The van der Waals surface area contributed by atoms with E-state index in [-0.39, 0.29) is 5.91 Å². The monoisotopic (exact) mass is 384 g/mol. The van der Waals surface area contributed by atoms with Gasteiger partial charge in [0, 0.05) is 32.0 Å². The lowest BCUT2D eigenvalue weighted by molar-refractivity contribution is 0.102. The van der Waals surface area contributed by atoms with Gasteiger partial charge in [-0.1, -0.05) is 12.1 Å². The highest BCUT2D eigenvalue weighted by Gasteiger charge is 2.16. The van der Waals surface area contributed by atoms with Gasteiger partial charge in [0.05, 0.1) is 30.2 Å². The Hall–Kier alpha value is -2.71. The molecule has 28 heavy (non-hydrogen) atoms. The van der Waals surface area contributed by atoms with E-state index in [0.717, 1.165) is 44.0 Å². The molecule has 1 amide bonds. The third-order valence-electron chi connectivity index (χ3n) is 4.48. The van der Waals surface area contributed by atoms with Crippen LogP contribution in [-0.4, -0.2) is 74.3 Å². The van der Waals surface area contributed by atoms with E-state index in [0.29, 0.717) is 24.7 Å². The summed E-state index contributed by atoms with van der Waals surface area (Å²) < 4.78 is 5.42. The predicted octanol–water partition coefficient (Wildman–Crippen LogP) is 1.93. The van der Waals surface area contributed by atoms with Gasteiger partial charge in [-0.3, -0.25) is 4.79 Å². The van der Waals surface area contributed by atoms with Crippen LogP contribution in [0.4, 0.5) is 17.3 Å². The second-order valence-corrected chi connectivity index (χ2v) is 6.95. The Bertz CT molecular complexity index is 760. The average Bonchev–Trinajstić information content (AvgIpc) is 2.72. The second kappa shape index (κ2) is 10.0. The molecule has 1 aliphatic heterocycles. The number of nitrogens with one attached hydrogen (secondary N) is 2. The van der Waals surface area contributed by atoms with Gasteiger partial charge in [0.15, 0.2) is 0 Å². The molecule has 0 bridgehead atoms. The smallest absolute Gasteiger partial charge is 0.258 e. The predicted molar refractivity (Wildman–Crippen MR) is 111 cm³/mol. The normalized spacial score (nSPS) is 14.2. The number of anilines is 3. The van der Waals surface area contributed by atoms with Crippen molar-refractivity contribution in [3.63, 3.8) is 0 Å². The van der Waals surface area contributed by atoms with Gasteiger partial charge in [-0.05, 0) is 39.2 Å². The first-order valence-electron chi connectivity index (χ1n) is 9.57. The summed E-state index contributed by atoms with van der Waals surface area (Å²) in [6, 6.07) is 7.81. The van der Waals surface area contributed by atoms with Crippen LogP contribution < -0.4 is 15.5 Å². The van der Waals surface area contributed by atoms with Crippen molar-refractivity contribution in [3.8, 4) is 0 Å². The molecule has 0 spiro atoms. The van der Waals surface area contributed by atoms with Crippen molar-refractivity contribution in [2.75, 3.05) is 69.0 Å². The zero-order valence-electron chi connectivity index (χ0n) is 16.5. The maximum atomic E-state index is 12.6. The van der Waals surface area contributed by atoms with Crippen molar-refractivity contribution in [2.45, 2.75) is 6.42 Å². The number of morpholine rings is 1. The van der Waals surface area contributed by atoms with Crippen molar-refractivity contribution in [1.29, 1.82) is 0 Å². The maximum absolute atomic E-state index is 12.6. The van der Waals surface area contributed by atoms with Crippen LogP contribution in [0, 0.1) is 0 Å². The van der Waals surface area contributed by atoms with E-state index >= 15 is 0 Å². The topological polar surface area (TPSA) is 82.6 Å². The van der Waals surface area contributed by atoms with E-state index in [1.807, 2.05) is 38.4 Å². The molecular formula is C20H28N6O2. The SMILES string of the molecule is CN(C)CCCNc1ncc(C(=O)Nc2ccccc2N2CCOCC2)cn1. The maximum Gasteiger partial charge on any atom is 0.258 e. The molecule has 1 fully saturated rings. The second-order valence-electron chi connectivity index (χ2n) is 6.95. The van der Waals surface area contributed by atoms with Gasteiger partial charge in [-0.15, -0.1) is 0 Å². The summed E-state index contributed by atoms with van der Waals surface area (Å²) in [6.45, 7) is 4.79. The van der Waals surface area contributed by atoms with Gasteiger partial charge in [-0.2, -0.15) is 0 Å². The lowest BCUT2D eigenvalue weighted by atomic mass is 10.2. The highest BCUT2D eigenvalue weighted by atomic mass is 16.5. The van der Waals surface area contributed by atoms with E-state index in [2.05, 4.69) is 30.4 Å². The van der Waals surface area contributed by atoms with Crippen molar-refractivity contribution in [2.24, 2.45) is 0 Å². The summed E-state index contributed by atoms with van der Waals surface area (Å²) in [6.07, 6.45) is 4.10.